The van der Waals surface area contributed by atoms with Gasteiger partial charge in [-0.3, -0.25) is 4.79 Å². The van der Waals surface area contributed by atoms with Crippen LogP contribution in [0.4, 0.5) is 13.2 Å². The number of benzene rings is 1. The maximum absolute atomic E-state index is 12.1. The van der Waals surface area contributed by atoms with Crippen LogP contribution < -0.4 is 10.2 Å². The van der Waals surface area contributed by atoms with Crippen molar-refractivity contribution in [3.8, 4) is 17.1 Å². The van der Waals surface area contributed by atoms with Crippen molar-refractivity contribution in [2.45, 2.75) is 13.3 Å². The van der Waals surface area contributed by atoms with Gasteiger partial charge in [-0.1, -0.05) is 0 Å². The summed E-state index contributed by atoms with van der Waals surface area (Å²) in [7, 11) is 0. The molecule has 2 rings (SSSR count). The van der Waals surface area contributed by atoms with Crippen LogP contribution in [0.25, 0.3) is 11.3 Å². The zero-order valence-corrected chi connectivity index (χ0v) is 9.82. The highest BCUT2D eigenvalue weighted by Gasteiger charge is 2.31. The van der Waals surface area contributed by atoms with Crippen LogP contribution in [0.5, 0.6) is 5.75 Å². The molecule has 0 aliphatic heterocycles. The molecule has 1 aromatic carbocycles. The van der Waals surface area contributed by atoms with E-state index in [9.17, 15) is 18.0 Å². The minimum absolute atomic E-state index is 0.240. The van der Waals surface area contributed by atoms with Crippen molar-refractivity contribution in [3.05, 3.63) is 52.4 Å². The summed E-state index contributed by atoms with van der Waals surface area (Å²) in [6, 6.07) is 6.33. The Labute approximate surface area is 106 Å². The molecule has 0 fully saturated rings. The second kappa shape index (κ2) is 4.79. The van der Waals surface area contributed by atoms with Gasteiger partial charge in [-0.25, -0.2) is 0 Å². The summed E-state index contributed by atoms with van der Waals surface area (Å²) in [5.74, 6) is -0.0180. The predicted molar refractivity (Wildman–Crippen MR) is 61.8 cm³/mol. The van der Waals surface area contributed by atoms with Gasteiger partial charge in [0, 0.05) is 17.7 Å². The Morgan fingerprint density at radius 1 is 1.16 bits per heavy atom. The summed E-state index contributed by atoms with van der Waals surface area (Å²) in [5, 5.41) is 0. The Bertz CT molecular complexity index is 644. The lowest BCUT2D eigenvalue weighted by Gasteiger charge is -2.11. The lowest BCUT2D eigenvalue weighted by molar-refractivity contribution is -0.274. The predicted octanol–water partition coefficient (Wildman–Crippen LogP) is 3.51. The molecule has 0 saturated heterocycles. The van der Waals surface area contributed by atoms with Crippen LogP contribution in [0.1, 0.15) is 5.56 Å². The maximum atomic E-state index is 12.1. The van der Waals surface area contributed by atoms with E-state index in [1.165, 1.54) is 36.6 Å². The van der Waals surface area contributed by atoms with Gasteiger partial charge >= 0.3 is 6.36 Å². The fourth-order valence-corrected chi connectivity index (χ4v) is 1.64. The van der Waals surface area contributed by atoms with E-state index in [0.717, 1.165) is 0 Å². The van der Waals surface area contributed by atoms with Crippen molar-refractivity contribution in [1.29, 1.82) is 0 Å². The van der Waals surface area contributed by atoms with Crippen LogP contribution in [0.3, 0.4) is 0 Å². The van der Waals surface area contributed by atoms with Crippen LogP contribution in [-0.2, 0) is 0 Å². The number of hydrogen-bond acceptors (Lipinski definition) is 3. The Kier molecular flexibility index (Phi) is 3.33. The average molecular weight is 270 g/mol. The van der Waals surface area contributed by atoms with Crippen molar-refractivity contribution in [2.75, 3.05) is 0 Å². The van der Waals surface area contributed by atoms with Gasteiger partial charge in [0.05, 0.1) is 6.26 Å². The lowest BCUT2D eigenvalue weighted by Crippen LogP contribution is -2.17. The normalized spacial score (nSPS) is 11.4. The van der Waals surface area contributed by atoms with Crippen LogP contribution in [0, 0.1) is 6.92 Å². The van der Waals surface area contributed by atoms with Crippen LogP contribution in [-0.4, -0.2) is 6.36 Å². The van der Waals surface area contributed by atoms with E-state index in [-0.39, 0.29) is 11.2 Å². The Morgan fingerprint density at radius 2 is 1.89 bits per heavy atom. The third kappa shape index (κ3) is 3.37. The molecule has 0 radical (unpaired) electrons. The van der Waals surface area contributed by atoms with Crippen molar-refractivity contribution in [3.63, 3.8) is 0 Å². The molecule has 0 bridgehead atoms. The Balaban J connectivity index is 2.37. The molecular weight excluding hydrogens is 261 g/mol. The van der Waals surface area contributed by atoms with E-state index in [1.54, 1.807) is 6.92 Å². The highest BCUT2D eigenvalue weighted by atomic mass is 19.4. The van der Waals surface area contributed by atoms with Crippen LogP contribution in [0.15, 0.2) is 45.8 Å². The van der Waals surface area contributed by atoms with Crippen molar-refractivity contribution in [2.24, 2.45) is 0 Å². The third-order valence-corrected chi connectivity index (χ3v) is 2.40. The van der Waals surface area contributed by atoms with Gasteiger partial charge < -0.3 is 9.15 Å². The lowest BCUT2D eigenvalue weighted by atomic mass is 10.1. The molecule has 100 valence electrons. The molecule has 1 heterocycles. The van der Waals surface area contributed by atoms with Crippen molar-refractivity contribution < 1.29 is 22.3 Å². The first kappa shape index (κ1) is 13.2. The fourth-order valence-electron chi connectivity index (χ4n) is 1.64. The number of aryl methyl sites for hydroxylation is 1. The first-order valence-electron chi connectivity index (χ1n) is 5.31. The fraction of sp³-hybridized carbons (Fsp3) is 0.154. The Hall–Kier alpha value is -2.24. The minimum atomic E-state index is -4.73. The first-order valence-corrected chi connectivity index (χ1v) is 5.31. The number of hydrogen-bond donors (Lipinski definition) is 0. The van der Waals surface area contributed by atoms with E-state index in [1.807, 2.05) is 0 Å². The highest BCUT2D eigenvalue weighted by molar-refractivity contribution is 5.62. The van der Waals surface area contributed by atoms with E-state index < -0.39 is 6.36 Å². The molecule has 0 saturated carbocycles. The van der Waals surface area contributed by atoms with Crippen LogP contribution in [0.2, 0.25) is 0 Å². The van der Waals surface area contributed by atoms with E-state index >= 15 is 0 Å². The molecular formula is C13H9F3O3. The number of ether oxygens (including phenoxy) is 1. The smallest absolute Gasteiger partial charge is 0.464 e. The third-order valence-electron chi connectivity index (χ3n) is 2.40. The topological polar surface area (TPSA) is 39.4 Å². The highest BCUT2D eigenvalue weighted by Crippen LogP contribution is 2.29. The quantitative estimate of drug-likeness (QED) is 0.838. The molecule has 0 N–H and O–H groups in total. The molecule has 2 aromatic rings. The molecule has 6 heteroatoms. The molecule has 0 spiro atoms. The van der Waals surface area contributed by atoms with Gasteiger partial charge in [0.15, 0.2) is 5.43 Å². The number of alkyl halides is 3. The second-order valence-corrected chi connectivity index (χ2v) is 3.86. The minimum Gasteiger partial charge on any atom is -0.464 e. The summed E-state index contributed by atoms with van der Waals surface area (Å²) < 4.78 is 45.2. The molecule has 19 heavy (non-hydrogen) atoms. The van der Waals surface area contributed by atoms with Crippen molar-refractivity contribution >= 4 is 0 Å². The summed E-state index contributed by atoms with van der Waals surface area (Å²) in [6.45, 7) is 1.60. The maximum Gasteiger partial charge on any atom is 0.573 e. The molecule has 3 nitrogen and oxygen atoms in total. The molecule has 0 aliphatic rings. The molecule has 0 aliphatic carbocycles. The summed E-state index contributed by atoms with van der Waals surface area (Å²) in [5.41, 5.74) is 0.805. The molecule has 0 atom stereocenters. The summed E-state index contributed by atoms with van der Waals surface area (Å²) in [4.78, 5) is 11.2. The van der Waals surface area contributed by atoms with E-state index in [2.05, 4.69) is 4.74 Å². The zero-order valence-electron chi connectivity index (χ0n) is 9.82. The van der Waals surface area contributed by atoms with Gasteiger partial charge in [-0.15, -0.1) is 13.2 Å². The van der Waals surface area contributed by atoms with Gasteiger partial charge in [-0.2, -0.15) is 0 Å². The van der Waals surface area contributed by atoms with Gasteiger partial charge in [-0.05, 0) is 30.7 Å². The van der Waals surface area contributed by atoms with E-state index in [0.29, 0.717) is 16.9 Å². The number of rotatable bonds is 2. The van der Waals surface area contributed by atoms with Gasteiger partial charge in [0.1, 0.15) is 11.5 Å². The monoisotopic (exact) mass is 270 g/mol. The standard InChI is InChI=1S/C13H9F3O3/c1-8-6-10(19-13(14,15)16)2-3-11(8)12-7-9(17)4-5-18-12/h2-7H,1H3. The van der Waals surface area contributed by atoms with Crippen LogP contribution >= 0.6 is 0 Å². The second-order valence-electron chi connectivity index (χ2n) is 3.86. The molecule has 1 aromatic heterocycles. The van der Waals surface area contributed by atoms with Gasteiger partial charge in [0.25, 0.3) is 0 Å². The SMILES string of the molecule is Cc1cc(OC(F)(F)F)ccc1-c1cc(=O)cco1. The summed E-state index contributed by atoms with van der Waals surface area (Å²) >= 11 is 0. The average Bonchev–Trinajstić information content (AvgIpc) is 2.26. The molecule has 0 unspecified atom stereocenters. The number of halogens is 3. The van der Waals surface area contributed by atoms with E-state index in [4.69, 9.17) is 4.42 Å². The zero-order chi connectivity index (χ0) is 14.0. The van der Waals surface area contributed by atoms with Gasteiger partial charge in [0.2, 0.25) is 0 Å². The van der Waals surface area contributed by atoms with Crippen molar-refractivity contribution in [1.82, 2.24) is 0 Å². The Morgan fingerprint density at radius 3 is 2.47 bits per heavy atom. The largest absolute Gasteiger partial charge is 0.573 e. The summed E-state index contributed by atoms with van der Waals surface area (Å²) in [6.07, 6.45) is -3.50. The first-order chi connectivity index (χ1) is 8.85. The molecule has 0 amide bonds.